The van der Waals surface area contributed by atoms with Crippen LogP contribution < -0.4 is 4.90 Å². The number of nitrogens with zero attached hydrogens (tertiary/aromatic N) is 4. The quantitative estimate of drug-likeness (QED) is 0.740. The predicted molar refractivity (Wildman–Crippen MR) is 121 cm³/mol. The van der Waals surface area contributed by atoms with Gasteiger partial charge in [-0.25, -0.2) is 9.97 Å². The molecule has 6 heteroatoms. The molecule has 6 nitrogen and oxygen atoms in total. The second-order valence-electron chi connectivity index (χ2n) is 9.77. The second kappa shape index (κ2) is 8.40. The van der Waals surface area contributed by atoms with E-state index in [4.69, 9.17) is 9.97 Å². The number of hydrogen-bond acceptors (Lipinski definition) is 4. The monoisotopic (exact) mass is 420 g/mol. The van der Waals surface area contributed by atoms with E-state index in [0.29, 0.717) is 19.5 Å². The fourth-order valence-corrected chi connectivity index (χ4v) is 4.53. The number of likely N-dealkylation sites (tertiary alicyclic amines) is 1. The molecule has 4 rings (SSSR count). The van der Waals surface area contributed by atoms with Crippen molar-refractivity contribution >= 4 is 17.6 Å². The van der Waals surface area contributed by atoms with Crippen LogP contribution in [0.25, 0.3) is 0 Å². The van der Waals surface area contributed by atoms with E-state index in [0.717, 1.165) is 48.7 Å². The van der Waals surface area contributed by atoms with E-state index in [2.05, 4.69) is 12.1 Å². The maximum atomic E-state index is 12.7. The van der Waals surface area contributed by atoms with Gasteiger partial charge in [-0.05, 0) is 31.7 Å². The molecule has 2 aliphatic rings. The van der Waals surface area contributed by atoms with Crippen LogP contribution in [0.15, 0.2) is 30.3 Å². The number of hydrogen-bond donors (Lipinski definition) is 0. The second-order valence-corrected chi connectivity index (χ2v) is 9.77. The fraction of sp³-hybridized carbons (Fsp3) is 0.520. The highest BCUT2D eigenvalue weighted by Gasteiger charge is 2.36. The molecule has 1 atom stereocenters. The third-order valence-corrected chi connectivity index (χ3v) is 6.27. The van der Waals surface area contributed by atoms with Crippen molar-refractivity contribution in [3.05, 3.63) is 53.0 Å². The van der Waals surface area contributed by atoms with Crippen LogP contribution in [0.3, 0.4) is 0 Å². The number of carbonyl (C=O) groups is 2. The lowest BCUT2D eigenvalue weighted by Crippen LogP contribution is -2.37. The highest BCUT2D eigenvalue weighted by Crippen LogP contribution is 2.34. The highest BCUT2D eigenvalue weighted by molar-refractivity contribution is 6.00. The largest absolute Gasteiger partial charge is 0.341 e. The normalized spacial score (nSPS) is 18.6. The van der Waals surface area contributed by atoms with Crippen molar-refractivity contribution in [2.45, 2.75) is 59.3 Å². The summed E-state index contributed by atoms with van der Waals surface area (Å²) in [6.45, 7) is 9.89. The van der Waals surface area contributed by atoms with Crippen LogP contribution in [0.4, 0.5) is 5.82 Å². The summed E-state index contributed by atoms with van der Waals surface area (Å²) in [7, 11) is 0. The number of fused-ring (bicyclic) bond motifs is 1. The number of anilines is 1. The summed E-state index contributed by atoms with van der Waals surface area (Å²) in [5, 5.41) is 0. The van der Waals surface area contributed by atoms with Gasteiger partial charge in [-0.15, -0.1) is 0 Å². The first-order valence-corrected chi connectivity index (χ1v) is 11.2. The number of carbonyl (C=O) groups excluding carboxylic acids is 2. The lowest BCUT2D eigenvalue weighted by atomic mass is 9.95. The van der Waals surface area contributed by atoms with Gasteiger partial charge in [0.05, 0.1) is 6.42 Å². The summed E-state index contributed by atoms with van der Waals surface area (Å²) in [6, 6.07) is 10.3. The van der Waals surface area contributed by atoms with Crippen molar-refractivity contribution in [1.82, 2.24) is 14.9 Å². The van der Waals surface area contributed by atoms with Crippen LogP contribution in [0, 0.1) is 12.3 Å². The van der Waals surface area contributed by atoms with Gasteiger partial charge in [0.15, 0.2) is 0 Å². The van der Waals surface area contributed by atoms with Crippen molar-refractivity contribution in [3.63, 3.8) is 0 Å². The zero-order chi connectivity index (χ0) is 22.2. The Morgan fingerprint density at radius 3 is 2.61 bits per heavy atom. The van der Waals surface area contributed by atoms with Crippen LogP contribution in [0.1, 0.15) is 62.2 Å². The lowest BCUT2D eigenvalue weighted by molar-refractivity contribution is -0.138. The third kappa shape index (κ3) is 4.48. The van der Waals surface area contributed by atoms with Crippen molar-refractivity contribution in [2.75, 3.05) is 24.5 Å². The molecule has 0 saturated carbocycles. The average Bonchev–Trinajstić information content (AvgIpc) is 3.33. The third-order valence-electron chi connectivity index (χ3n) is 6.27. The van der Waals surface area contributed by atoms with Crippen molar-refractivity contribution < 1.29 is 9.59 Å². The SMILES string of the molecule is Cc1nc([C@@H]2CCN(C(=O)C(C)(C)C)C2)nc2c1CC(=O)N2CCCc1ccccc1. The molecule has 0 aliphatic carbocycles. The van der Waals surface area contributed by atoms with Gasteiger partial charge in [-0.2, -0.15) is 0 Å². The summed E-state index contributed by atoms with van der Waals surface area (Å²) in [6.07, 6.45) is 3.07. The molecule has 0 N–H and O–H groups in total. The lowest BCUT2D eigenvalue weighted by Gasteiger charge is -2.25. The molecule has 0 bridgehead atoms. The number of amides is 2. The zero-order valence-electron chi connectivity index (χ0n) is 19.0. The van der Waals surface area contributed by atoms with Gasteiger partial charge in [-0.1, -0.05) is 51.1 Å². The van der Waals surface area contributed by atoms with Crippen LogP contribution in [-0.2, 0) is 22.4 Å². The summed E-state index contributed by atoms with van der Waals surface area (Å²) in [4.78, 5) is 38.8. The Labute approximate surface area is 184 Å². The standard InChI is InChI=1S/C25H32N4O2/c1-17-20-15-21(30)29(13-8-11-18-9-6-5-7-10-18)23(20)27-22(26-17)19-12-14-28(16-19)24(31)25(2,3)4/h5-7,9-10,19H,8,11-16H2,1-4H3/t19-/m1/s1. The first kappa shape index (κ1) is 21.5. The van der Waals surface area contributed by atoms with E-state index in [1.165, 1.54) is 5.56 Å². The van der Waals surface area contributed by atoms with E-state index in [1.54, 1.807) is 0 Å². The molecule has 2 aromatic rings. The minimum Gasteiger partial charge on any atom is -0.341 e. The minimum atomic E-state index is -0.383. The van der Waals surface area contributed by atoms with E-state index in [-0.39, 0.29) is 23.1 Å². The van der Waals surface area contributed by atoms with Gasteiger partial charge in [0.1, 0.15) is 11.6 Å². The molecule has 2 amide bonds. The first-order valence-electron chi connectivity index (χ1n) is 11.2. The molecule has 2 aliphatic heterocycles. The molecule has 1 saturated heterocycles. The van der Waals surface area contributed by atoms with E-state index >= 15 is 0 Å². The Balaban J connectivity index is 1.49. The van der Waals surface area contributed by atoms with Crippen LogP contribution in [-0.4, -0.2) is 46.3 Å². The maximum Gasteiger partial charge on any atom is 0.232 e. The summed E-state index contributed by atoms with van der Waals surface area (Å²) >= 11 is 0. The average molecular weight is 421 g/mol. The zero-order valence-corrected chi connectivity index (χ0v) is 19.0. The van der Waals surface area contributed by atoms with Gasteiger partial charge in [0, 0.05) is 42.2 Å². The molecule has 0 radical (unpaired) electrons. The number of rotatable bonds is 5. The predicted octanol–water partition coefficient (Wildman–Crippen LogP) is 3.67. The fourth-order valence-electron chi connectivity index (χ4n) is 4.53. The van der Waals surface area contributed by atoms with Crippen LogP contribution in [0.2, 0.25) is 0 Å². The molecule has 31 heavy (non-hydrogen) atoms. The molecule has 0 spiro atoms. The molecule has 1 fully saturated rings. The number of aryl methyl sites for hydroxylation is 2. The highest BCUT2D eigenvalue weighted by atomic mass is 16.2. The Kier molecular flexibility index (Phi) is 5.82. The van der Waals surface area contributed by atoms with Gasteiger partial charge in [-0.3, -0.25) is 14.5 Å². The smallest absolute Gasteiger partial charge is 0.232 e. The number of benzene rings is 1. The molecule has 1 aromatic carbocycles. The Morgan fingerprint density at radius 1 is 1.16 bits per heavy atom. The summed E-state index contributed by atoms with van der Waals surface area (Å²) in [5.74, 6) is 1.95. The molecular weight excluding hydrogens is 388 g/mol. The first-order chi connectivity index (χ1) is 14.7. The van der Waals surface area contributed by atoms with E-state index in [1.807, 2.05) is 55.7 Å². The van der Waals surface area contributed by atoms with Crippen molar-refractivity contribution in [1.29, 1.82) is 0 Å². The minimum absolute atomic E-state index is 0.105. The van der Waals surface area contributed by atoms with Crippen molar-refractivity contribution in [3.8, 4) is 0 Å². The molecule has 164 valence electrons. The van der Waals surface area contributed by atoms with E-state index < -0.39 is 0 Å². The van der Waals surface area contributed by atoms with E-state index in [9.17, 15) is 9.59 Å². The van der Waals surface area contributed by atoms with Gasteiger partial charge in [0.25, 0.3) is 0 Å². The Hall–Kier alpha value is -2.76. The molecular formula is C25H32N4O2. The Morgan fingerprint density at radius 2 is 1.90 bits per heavy atom. The topological polar surface area (TPSA) is 66.4 Å². The number of aromatic nitrogens is 2. The van der Waals surface area contributed by atoms with Gasteiger partial charge < -0.3 is 4.90 Å². The molecule has 1 aromatic heterocycles. The molecule has 0 unspecified atom stereocenters. The molecule has 3 heterocycles. The van der Waals surface area contributed by atoms with Crippen LogP contribution in [0.5, 0.6) is 0 Å². The van der Waals surface area contributed by atoms with Gasteiger partial charge in [0.2, 0.25) is 11.8 Å². The van der Waals surface area contributed by atoms with Crippen molar-refractivity contribution in [2.24, 2.45) is 5.41 Å². The Bertz CT molecular complexity index is 981. The van der Waals surface area contributed by atoms with Crippen LogP contribution >= 0.6 is 0 Å². The summed E-state index contributed by atoms with van der Waals surface area (Å²) < 4.78 is 0. The maximum absolute atomic E-state index is 12.7. The summed E-state index contributed by atoms with van der Waals surface area (Å²) in [5.41, 5.74) is 2.74. The van der Waals surface area contributed by atoms with Gasteiger partial charge >= 0.3 is 0 Å².